The van der Waals surface area contributed by atoms with E-state index < -0.39 is 0 Å². The van der Waals surface area contributed by atoms with Gasteiger partial charge in [0.2, 0.25) is 0 Å². The van der Waals surface area contributed by atoms with Crippen LogP contribution in [-0.4, -0.2) is 4.98 Å². The minimum atomic E-state index is 0.0971. The molecular formula is C11H6N4S2. The summed E-state index contributed by atoms with van der Waals surface area (Å²) in [4.78, 5) is 4.70. The first kappa shape index (κ1) is 11.5. The zero-order chi connectivity index (χ0) is 12.4. The quantitative estimate of drug-likeness (QED) is 0.769. The van der Waals surface area contributed by atoms with Crippen molar-refractivity contribution in [2.45, 2.75) is 5.03 Å². The smallest absolute Gasteiger partial charge is 0.143 e. The van der Waals surface area contributed by atoms with Gasteiger partial charge < -0.3 is 5.73 Å². The molecular weight excluding hydrogens is 252 g/mol. The third kappa shape index (κ3) is 1.84. The lowest BCUT2D eigenvalue weighted by Crippen LogP contribution is -2.01. The highest BCUT2D eigenvalue weighted by molar-refractivity contribution is 7.80. The van der Waals surface area contributed by atoms with Crippen molar-refractivity contribution in [1.29, 1.82) is 10.5 Å². The summed E-state index contributed by atoms with van der Waals surface area (Å²) in [5.41, 5.74) is 6.69. The number of nitrogens with zero attached hydrogens (tertiary/aromatic N) is 3. The molecule has 0 aliphatic carbocycles. The first-order valence-corrected chi connectivity index (χ1v) is 5.88. The molecule has 0 amide bonds. The van der Waals surface area contributed by atoms with Crippen molar-refractivity contribution < 1.29 is 0 Å². The minimum absolute atomic E-state index is 0.0971. The maximum atomic E-state index is 9.12. The molecule has 2 N–H and O–H groups in total. The minimum Gasteiger partial charge on any atom is -0.383 e. The lowest BCUT2D eigenvalue weighted by atomic mass is 10.0. The van der Waals surface area contributed by atoms with Crippen LogP contribution in [0.3, 0.4) is 0 Å². The van der Waals surface area contributed by atoms with Crippen LogP contribution in [0.25, 0.3) is 10.4 Å². The molecule has 17 heavy (non-hydrogen) atoms. The van der Waals surface area contributed by atoms with Gasteiger partial charge in [-0.05, 0) is 11.4 Å². The van der Waals surface area contributed by atoms with Crippen molar-refractivity contribution in [3.63, 3.8) is 0 Å². The lowest BCUT2D eigenvalue weighted by molar-refractivity contribution is 1.12. The van der Waals surface area contributed by atoms with Crippen LogP contribution in [0.1, 0.15) is 11.1 Å². The summed E-state index contributed by atoms with van der Waals surface area (Å²) in [6, 6.07) is 7.68. The van der Waals surface area contributed by atoms with Crippen molar-refractivity contribution in [3.05, 3.63) is 28.6 Å². The van der Waals surface area contributed by atoms with Crippen LogP contribution in [-0.2, 0) is 0 Å². The summed E-state index contributed by atoms with van der Waals surface area (Å²) < 4.78 is 0. The van der Waals surface area contributed by atoms with Crippen molar-refractivity contribution in [3.8, 4) is 22.6 Å². The number of anilines is 1. The molecule has 2 rings (SSSR count). The van der Waals surface area contributed by atoms with E-state index in [1.807, 2.05) is 29.7 Å². The summed E-state index contributed by atoms with van der Waals surface area (Å²) in [6.45, 7) is 0. The Balaban J connectivity index is 2.89. The largest absolute Gasteiger partial charge is 0.383 e. The van der Waals surface area contributed by atoms with Gasteiger partial charge in [-0.25, -0.2) is 4.98 Å². The van der Waals surface area contributed by atoms with E-state index in [0.717, 1.165) is 4.88 Å². The van der Waals surface area contributed by atoms with Crippen LogP contribution in [0.5, 0.6) is 0 Å². The van der Waals surface area contributed by atoms with Crippen molar-refractivity contribution in [2.24, 2.45) is 0 Å². The van der Waals surface area contributed by atoms with E-state index >= 15 is 0 Å². The molecule has 0 unspecified atom stereocenters. The highest BCUT2D eigenvalue weighted by atomic mass is 32.1. The Labute approximate surface area is 107 Å². The normalized spacial score (nSPS) is 9.59. The first-order valence-electron chi connectivity index (χ1n) is 4.55. The van der Waals surface area contributed by atoms with Gasteiger partial charge in [-0.3, -0.25) is 0 Å². The van der Waals surface area contributed by atoms with Gasteiger partial charge >= 0.3 is 0 Å². The molecule has 2 aromatic heterocycles. The number of nitriles is 2. The van der Waals surface area contributed by atoms with E-state index in [9.17, 15) is 0 Å². The molecule has 0 spiro atoms. The summed E-state index contributed by atoms with van der Waals surface area (Å²) >= 11 is 5.55. The highest BCUT2D eigenvalue weighted by Crippen LogP contribution is 2.35. The SMILES string of the molecule is N#Cc1c(N)nc(S)c(C#N)c1-c1cccs1. The number of nitrogen functional groups attached to an aromatic ring is 1. The molecule has 0 atom stereocenters. The number of pyridine rings is 1. The second kappa shape index (κ2) is 4.46. The number of aromatic nitrogens is 1. The second-order valence-corrected chi connectivity index (χ2v) is 4.52. The molecule has 6 heteroatoms. The number of thiophene rings is 1. The Morgan fingerprint density at radius 3 is 2.53 bits per heavy atom. The highest BCUT2D eigenvalue weighted by Gasteiger charge is 2.18. The molecule has 0 aliphatic heterocycles. The van der Waals surface area contributed by atoms with Crippen LogP contribution in [0.15, 0.2) is 22.5 Å². The van der Waals surface area contributed by atoms with E-state index in [-0.39, 0.29) is 22.0 Å². The Bertz CT molecular complexity index is 609. The molecule has 0 fully saturated rings. The maximum absolute atomic E-state index is 9.12. The third-order valence-electron chi connectivity index (χ3n) is 2.20. The molecule has 0 aromatic carbocycles. The Kier molecular flexibility index (Phi) is 3.01. The maximum Gasteiger partial charge on any atom is 0.143 e. The standard InChI is InChI=1S/C11H6N4S2/c12-4-6-9(8-2-1-3-17-8)7(5-13)11(16)15-10(6)14/h1-3H,(H3,14,15,16). The third-order valence-corrected chi connectivity index (χ3v) is 3.41. The van der Waals surface area contributed by atoms with Gasteiger partial charge in [0.25, 0.3) is 0 Å². The van der Waals surface area contributed by atoms with Crippen LogP contribution in [0, 0.1) is 22.7 Å². The van der Waals surface area contributed by atoms with Crippen molar-refractivity contribution in [2.75, 3.05) is 5.73 Å². The number of rotatable bonds is 1. The molecule has 0 bridgehead atoms. The van der Waals surface area contributed by atoms with Crippen molar-refractivity contribution in [1.82, 2.24) is 4.98 Å². The zero-order valence-electron chi connectivity index (χ0n) is 8.51. The molecule has 4 nitrogen and oxygen atoms in total. The number of hydrogen-bond donors (Lipinski definition) is 2. The van der Waals surface area contributed by atoms with Gasteiger partial charge in [0.15, 0.2) is 0 Å². The fraction of sp³-hybridized carbons (Fsp3) is 0. The van der Waals surface area contributed by atoms with Gasteiger partial charge in [-0.15, -0.1) is 24.0 Å². The van der Waals surface area contributed by atoms with Crippen LogP contribution in [0.2, 0.25) is 0 Å². The van der Waals surface area contributed by atoms with Gasteiger partial charge in [-0.2, -0.15) is 10.5 Å². The molecule has 2 heterocycles. The van der Waals surface area contributed by atoms with Crippen LogP contribution in [0.4, 0.5) is 5.82 Å². The van der Waals surface area contributed by atoms with E-state index in [0.29, 0.717) is 5.56 Å². The van der Waals surface area contributed by atoms with Crippen molar-refractivity contribution >= 4 is 29.8 Å². The Hall–Kier alpha value is -2.02. The lowest BCUT2D eigenvalue weighted by Gasteiger charge is -2.08. The predicted octanol–water partition coefficient (Wildman–Crippen LogP) is 2.42. The Morgan fingerprint density at radius 1 is 1.29 bits per heavy atom. The molecule has 0 radical (unpaired) electrons. The average Bonchev–Trinajstić information content (AvgIpc) is 2.81. The summed E-state index contributed by atoms with van der Waals surface area (Å²) in [5, 5.41) is 20.3. The summed E-state index contributed by atoms with van der Waals surface area (Å²) in [7, 11) is 0. The molecule has 0 saturated carbocycles. The van der Waals surface area contributed by atoms with Gasteiger partial charge in [0.1, 0.15) is 28.5 Å². The Morgan fingerprint density at radius 2 is 2.00 bits per heavy atom. The summed E-state index contributed by atoms with van der Waals surface area (Å²) in [6.07, 6.45) is 0. The van der Waals surface area contributed by atoms with E-state index in [2.05, 4.69) is 17.6 Å². The number of nitrogens with two attached hydrogens (primary N) is 1. The van der Waals surface area contributed by atoms with E-state index in [1.165, 1.54) is 11.3 Å². The fourth-order valence-electron chi connectivity index (χ4n) is 1.48. The van der Waals surface area contributed by atoms with Gasteiger partial charge in [0.05, 0.1) is 5.56 Å². The fourth-order valence-corrected chi connectivity index (χ4v) is 2.53. The first-order chi connectivity index (χ1) is 8.19. The topological polar surface area (TPSA) is 86.5 Å². The molecule has 0 aliphatic rings. The van der Waals surface area contributed by atoms with Gasteiger partial charge in [-0.1, -0.05) is 6.07 Å². The zero-order valence-corrected chi connectivity index (χ0v) is 10.2. The molecule has 2 aromatic rings. The van der Waals surface area contributed by atoms with E-state index in [1.54, 1.807) is 0 Å². The molecule has 0 saturated heterocycles. The monoisotopic (exact) mass is 258 g/mol. The number of thiol groups is 1. The number of hydrogen-bond acceptors (Lipinski definition) is 6. The predicted molar refractivity (Wildman–Crippen MR) is 68.6 cm³/mol. The second-order valence-electron chi connectivity index (χ2n) is 3.15. The summed E-state index contributed by atoms with van der Waals surface area (Å²) in [5.74, 6) is 0.0971. The van der Waals surface area contributed by atoms with Crippen LogP contribution < -0.4 is 5.73 Å². The van der Waals surface area contributed by atoms with E-state index in [4.69, 9.17) is 16.3 Å². The molecule has 82 valence electrons. The average molecular weight is 258 g/mol. The van der Waals surface area contributed by atoms with Crippen LogP contribution >= 0.6 is 24.0 Å². The van der Waals surface area contributed by atoms with Gasteiger partial charge in [0, 0.05) is 10.4 Å².